The van der Waals surface area contributed by atoms with Gasteiger partial charge in [0.25, 0.3) is 11.8 Å². The topological polar surface area (TPSA) is 331 Å². The van der Waals surface area contributed by atoms with Gasteiger partial charge in [-0.15, -0.1) is 5.06 Å². The van der Waals surface area contributed by atoms with Crippen LogP contribution in [-0.2, 0) is 49.7 Å². The first-order valence-corrected chi connectivity index (χ1v) is 44.8. The Morgan fingerprint density at radius 3 is 1.01 bits per heavy atom. The number of ether oxygens (including phenoxy) is 4. The number of hydroxylamine groups is 2. The Labute approximate surface area is 708 Å². The van der Waals surface area contributed by atoms with Crippen LogP contribution in [0.3, 0.4) is 0 Å². The van der Waals surface area contributed by atoms with Gasteiger partial charge in [-0.05, 0) is 308 Å². The zero-order valence-corrected chi connectivity index (χ0v) is 72.2. The highest BCUT2D eigenvalue weighted by Crippen LogP contribution is 2.36. The molecule has 0 aliphatic carbocycles. The average Bonchev–Trinajstić information content (AvgIpc) is 1.60. The lowest BCUT2D eigenvalue weighted by Crippen LogP contribution is -2.41. The molecule has 0 spiro atoms. The third-order valence-corrected chi connectivity index (χ3v) is 23.2. The zero-order valence-electron chi connectivity index (χ0n) is 72.4. The molecule has 7 aliphatic rings. The van der Waals surface area contributed by atoms with E-state index < -0.39 is 30.1 Å². The summed E-state index contributed by atoms with van der Waals surface area (Å²) in [5.74, 6) is -0.0164. The van der Waals surface area contributed by atoms with E-state index in [1.807, 2.05) is 36.4 Å². The fraction of sp³-hybridized carbons (Fsp3) is 0.656. The molecule has 118 heavy (non-hydrogen) atoms. The summed E-state index contributed by atoms with van der Waals surface area (Å²) < 4.78 is 29.5. The molecule has 4 aromatic carbocycles. The Bertz CT molecular complexity index is 3460. The third-order valence-electron chi connectivity index (χ3n) is 23.2. The van der Waals surface area contributed by atoms with Gasteiger partial charge in [0.1, 0.15) is 1.12 Å². The molecule has 7 saturated heterocycles. The predicted octanol–water partition coefficient (Wildman–Crippen LogP) is 13.0. The monoisotopic (exact) mass is 1670 g/mol. The van der Waals surface area contributed by atoms with Crippen LogP contribution in [0.2, 0.25) is 0 Å². The minimum Gasteiger partial charge on any atom is -0.504 e. The number of nitrogens with one attached hydrogen (secondary N) is 3. The SMILES string of the molecule is C[C@H](Cc1ccc(O)c(O)c1)[C@@H](C)Cc1ccc(O)c(O)c1.C[C@H](Cc1ccc(OC(=O)CCCN2CCCCC2)c(OC(=O)NCCN2CCCCC2)c1)[C@@H](C)Cc1ccc(OC(=O)NCCN2CCCCC2)c(OC(=O)CCCN2CCCCC2)c1.NCCN1CCCCC1.O=C(NCCN1CCCCC1)ON1C(=O)CCC1=O.[2H]SC. The molecule has 27 nitrogen and oxygen atoms in total. The summed E-state index contributed by atoms with van der Waals surface area (Å²) in [6.45, 7) is 29.1. The number of carbonyl (C=O) groups is 7. The molecule has 0 unspecified atom stereocenters. The van der Waals surface area contributed by atoms with Crippen molar-refractivity contribution in [1.82, 2.24) is 50.4 Å². The molecule has 5 amide bonds. The Hall–Kier alpha value is -7.96. The maximum atomic E-state index is 13.2. The van der Waals surface area contributed by atoms with Crippen molar-refractivity contribution in [3.8, 4) is 46.0 Å². The average molecular weight is 1670 g/mol. The molecular weight excluding hydrogens is 1520 g/mol. The normalized spacial score (nSPS) is 18.3. The largest absolute Gasteiger partial charge is 0.504 e. The molecular formula is C90H141N11O16S. The quantitative estimate of drug-likeness (QED) is 0.00690. The molecule has 0 bridgehead atoms. The van der Waals surface area contributed by atoms with Gasteiger partial charge in [0.2, 0.25) is 0 Å². The van der Waals surface area contributed by atoms with Gasteiger partial charge < -0.3 is 95.3 Å². The van der Waals surface area contributed by atoms with Crippen LogP contribution in [0.15, 0.2) is 72.8 Å². The number of nitrogens with two attached hydrogens (primary N) is 1. The second-order valence-electron chi connectivity index (χ2n) is 32.8. The van der Waals surface area contributed by atoms with Crippen LogP contribution >= 0.6 is 12.5 Å². The number of esters is 2. The number of phenolic OH excluding ortho intramolecular Hbond substituents is 4. The van der Waals surface area contributed by atoms with Gasteiger partial charge in [-0.3, -0.25) is 19.2 Å². The molecule has 0 saturated carbocycles. The first-order chi connectivity index (χ1) is 57.5. The number of likely N-dealkylation sites (tertiary alicyclic amines) is 6. The number of piperidine rings is 6. The molecule has 4 atom stereocenters. The smallest absolute Gasteiger partial charge is 0.432 e. The lowest BCUT2D eigenvalue weighted by Gasteiger charge is -2.26. The van der Waals surface area contributed by atoms with Gasteiger partial charge in [-0.25, -0.2) is 14.4 Å². The highest BCUT2D eigenvalue weighted by molar-refractivity contribution is 7.79. The first-order valence-electron chi connectivity index (χ1n) is 44.4. The molecule has 11 rings (SSSR count). The van der Waals surface area contributed by atoms with Crippen molar-refractivity contribution in [2.75, 3.05) is 150 Å². The van der Waals surface area contributed by atoms with E-state index in [1.165, 1.54) is 141 Å². The number of aromatic hydroxyl groups is 4. The van der Waals surface area contributed by atoms with E-state index in [9.17, 15) is 54.0 Å². The standard InChI is InChI=1S/C52H80N6O8.C18H22O4.C12H19N3O4.C7H16N2.CH4S/c1-41(37-43-20-22-46(65-51(61)53-23-35-57-29-11-5-12-30-57)47(39-43)64-50(60)18-16-34-56-27-9-4-10-28-56)42(2)38-44-19-21-45(63-49(59)17-15-33-55-25-7-3-8-26-55)48(40-44)66-52(62)54-24-36-58-31-13-6-14-32-58;1-11(7-13-3-5-15(19)17(21)9-13)12(2)8-14-4-6-16(20)18(22)10-14;16-10-4-5-11(17)15(10)19-12(18)13-6-9-14-7-2-1-3-8-14;8-4-7-9-5-2-1-3-6-9;1-2/h19-22,39-42H,3-18,23-38H2,1-2H3,(H,53,61)(H,54,62);3-6,9-12,19-22H,7-8H2,1-2H3;1-9H2,(H,13,18);1-8H2;2H,1H3/t41-,42+;11-,12+;;;/m0..../s1/i/hD. The lowest BCUT2D eigenvalue weighted by molar-refractivity contribution is -0.171. The highest BCUT2D eigenvalue weighted by Gasteiger charge is 2.33. The lowest BCUT2D eigenvalue weighted by atomic mass is 9.85. The van der Waals surface area contributed by atoms with Crippen LogP contribution in [0.4, 0.5) is 14.4 Å². The Morgan fingerprint density at radius 2 is 0.669 bits per heavy atom. The van der Waals surface area contributed by atoms with Crippen LogP contribution in [-0.4, -0.2) is 248 Å². The van der Waals surface area contributed by atoms with E-state index in [1.54, 1.807) is 30.5 Å². The van der Waals surface area contributed by atoms with Gasteiger partial charge in [0.15, 0.2) is 46.0 Å². The summed E-state index contributed by atoms with van der Waals surface area (Å²) in [6.07, 6.45) is 27.3. The van der Waals surface area contributed by atoms with Gasteiger partial charge in [-0.1, -0.05) is 90.5 Å². The number of hydrogen-bond acceptors (Lipinski definition) is 24. The van der Waals surface area contributed by atoms with Crippen LogP contribution < -0.4 is 40.6 Å². The number of benzene rings is 4. The Morgan fingerprint density at radius 1 is 0.390 bits per heavy atom. The molecule has 7 heterocycles. The highest BCUT2D eigenvalue weighted by atomic mass is 32.1. The minimum atomic E-state index is -0.749. The number of nitrogens with zero attached hydrogens (tertiary/aromatic N) is 7. The molecule has 0 aromatic heterocycles. The zero-order chi connectivity index (χ0) is 85.5. The van der Waals surface area contributed by atoms with Crippen LogP contribution in [0.25, 0.3) is 0 Å². The predicted molar refractivity (Wildman–Crippen MR) is 463 cm³/mol. The number of carbonyl (C=O) groups excluding carboxylic acids is 7. The van der Waals surface area contributed by atoms with Crippen LogP contribution in [0, 0.1) is 23.7 Å². The summed E-state index contributed by atoms with van der Waals surface area (Å²) in [7, 11) is 0. The number of phenols is 4. The molecule has 7 aliphatic heterocycles. The summed E-state index contributed by atoms with van der Waals surface area (Å²) in [5, 5.41) is 46.6. The van der Waals surface area contributed by atoms with Crippen molar-refractivity contribution in [2.24, 2.45) is 29.4 Å². The van der Waals surface area contributed by atoms with E-state index in [4.69, 9.17) is 30.6 Å². The molecule has 28 heteroatoms. The number of hydrogen-bond donors (Lipinski definition) is 9. The summed E-state index contributed by atoms with van der Waals surface area (Å²) >= 11 is 1.000. The number of thiol groups is 1. The molecule has 658 valence electrons. The fourth-order valence-corrected chi connectivity index (χ4v) is 15.9. The first kappa shape index (κ1) is 95.5. The maximum absolute atomic E-state index is 13.2. The molecule has 4 aromatic rings. The van der Waals surface area contributed by atoms with E-state index in [2.05, 4.69) is 73.0 Å². The van der Waals surface area contributed by atoms with Crippen molar-refractivity contribution in [1.29, 1.82) is 1.12 Å². The van der Waals surface area contributed by atoms with Crippen molar-refractivity contribution in [2.45, 2.75) is 207 Å². The van der Waals surface area contributed by atoms with Crippen LogP contribution in [0.1, 0.15) is 204 Å². The van der Waals surface area contributed by atoms with Crippen molar-refractivity contribution in [3.63, 3.8) is 0 Å². The van der Waals surface area contributed by atoms with Crippen molar-refractivity contribution >= 4 is 54.6 Å². The van der Waals surface area contributed by atoms with Crippen LogP contribution in [0.5, 0.6) is 46.0 Å². The summed E-state index contributed by atoms with van der Waals surface area (Å²) in [5.41, 5.74) is 9.27. The van der Waals surface area contributed by atoms with E-state index in [0.717, 1.165) is 159 Å². The maximum Gasteiger partial charge on any atom is 0.432 e. The van der Waals surface area contributed by atoms with E-state index in [-0.39, 0.29) is 95.5 Å². The minimum absolute atomic E-state index is 0.0965. The fourth-order valence-electron chi connectivity index (χ4n) is 15.9. The second kappa shape index (κ2) is 55.1. The molecule has 7 fully saturated rings. The van der Waals surface area contributed by atoms with Crippen molar-refractivity contribution < 1.29 is 77.8 Å². The Balaban J connectivity index is 0.000000293. The summed E-state index contributed by atoms with van der Waals surface area (Å²) in [6, 6.07) is 20.8. The molecule has 0 radical (unpaired) electrons. The number of amides is 5. The van der Waals surface area contributed by atoms with Gasteiger partial charge in [0, 0.05) is 78.0 Å². The second-order valence-corrected chi connectivity index (χ2v) is 32.8. The van der Waals surface area contributed by atoms with Crippen molar-refractivity contribution in [3.05, 3.63) is 95.1 Å². The summed E-state index contributed by atoms with van der Waals surface area (Å²) in [4.78, 5) is 105. The van der Waals surface area contributed by atoms with Gasteiger partial charge >= 0.3 is 30.2 Å². The Kier molecular flexibility index (Phi) is 44.6. The van der Waals surface area contributed by atoms with Gasteiger partial charge in [0.05, 0.1) is 0 Å². The molecule has 9 N–H and O–H groups in total. The number of imide groups is 1. The van der Waals surface area contributed by atoms with Gasteiger partial charge in [-0.2, -0.15) is 12.5 Å². The number of rotatable bonds is 34. The third kappa shape index (κ3) is 37.4. The van der Waals surface area contributed by atoms with E-state index >= 15 is 0 Å². The van der Waals surface area contributed by atoms with E-state index in [0.29, 0.717) is 62.2 Å².